The number of carbonyl (C=O) groups is 1. The van der Waals surface area contributed by atoms with E-state index < -0.39 is 10.2 Å². The Bertz CT molecular complexity index is 1100. The summed E-state index contributed by atoms with van der Waals surface area (Å²) in [7, 11) is 1.43. The summed E-state index contributed by atoms with van der Waals surface area (Å²) in [6.45, 7) is 5.58. The molecule has 0 bridgehead atoms. The summed E-state index contributed by atoms with van der Waals surface area (Å²) in [5, 5.41) is 22.2. The first-order valence-electron chi connectivity index (χ1n) is 9.09. The highest BCUT2D eigenvalue weighted by Gasteiger charge is 2.22. The molecule has 0 fully saturated rings. The van der Waals surface area contributed by atoms with Crippen molar-refractivity contribution in [3.05, 3.63) is 64.0 Å². The van der Waals surface area contributed by atoms with Gasteiger partial charge in [0.2, 0.25) is 5.91 Å². The third kappa shape index (κ3) is 4.43. The topological polar surface area (TPSA) is 112 Å². The lowest BCUT2D eigenvalue weighted by atomic mass is 10.2. The summed E-state index contributed by atoms with van der Waals surface area (Å²) in [5.41, 5.74) is 2.10. The molecule has 30 heavy (non-hydrogen) atoms. The number of nitrogens with zero attached hydrogens (tertiary/aromatic N) is 4. The molecule has 0 spiro atoms. The first kappa shape index (κ1) is 21.3. The van der Waals surface area contributed by atoms with Gasteiger partial charge in [-0.25, -0.2) is 0 Å². The summed E-state index contributed by atoms with van der Waals surface area (Å²) >= 11 is 1.25. The predicted octanol–water partition coefficient (Wildman–Crippen LogP) is 3.92. The molecule has 2 aromatic carbocycles. The summed E-state index contributed by atoms with van der Waals surface area (Å²) in [4.78, 5) is 23.3. The fourth-order valence-electron chi connectivity index (χ4n) is 2.86. The number of para-hydroxylation sites is 1. The van der Waals surface area contributed by atoms with Crippen LogP contribution in [0.4, 0.5) is 11.4 Å². The van der Waals surface area contributed by atoms with Crippen molar-refractivity contribution in [2.24, 2.45) is 0 Å². The molecule has 1 N–H and O–H groups in total. The smallest absolute Gasteiger partial charge is 0.271 e. The quantitative estimate of drug-likeness (QED) is 0.345. The molecule has 9 nitrogen and oxygen atoms in total. The van der Waals surface area contributed by atoms with Gasteiger partial charge in [-0.3, -0.25) is 19.5 Å². The number of aromatic nitrogens is 3. The van der Waals surface area contributed by atoms with Gasteiger partial charge in [-0.05, 0) is 38.5 Å². The molecule has 0 aliphatic carbocycles. The number of thioether (sulfide) groups is 1. The monoisotopic (exact) mass is 427 g/mol. The van der Waals surface area contributed by atoms with Crippen LogP contribution in [0.25, 0.3) is 5.69 Å². The zero-order valence-corrected chi connectivity index (χ0v) is 17.8. The second kappa shape index (κ2) is 8.95. The van der Waals surface area contributed by atoms with Crippen LogP contribution < -0.4 is 10.1 Å². The Morgan fingerprint density at radius 2 is 1.97 bits per heavy atom. The van der Waals surface area contributed by atoms with Crippen molar-refractivity contribution in [3.63, 3.8) is 0 Å². The fourth-order valence-corrected chi connectivity index (χ4v) is 3.77. The first-order chi connectivity index (χ1) is 14.3. The molecule has 1 amide bonds. The molecule has 1 heterocycles. The number of hydrogen-bond donors (Lipinski definition) is 1. The van der Waals surface area contributed by atoms with E-state index in [-0.39, 0.29) is 17.3 Å². The number of rotatable bonds is 7. The van der Waals surface area contributed by atoms with Gasteiger partial charge < -0.3 is 10.1 Å². The molecular formula is C20H21N5O4S. The van der Waals surface area contributed by atoms with Gasteiger partial charge >= 0.3 is 0 Å². The van der Waals surface area contributed by atoms with Crippen LogP contribution in [0.5, 0.6) is 5.75 Å². The lowest BCUT2D eigenvalue weighted by Gasteiger charge is -2.15. The van der Waals surface area contributed by atoms with Crippen LogP contribution in [-0.2, 0) is 4.79 Å². The number of carbonyl (C=O) groups excluding carboxylic acids is 1. The molecular weight excluding hydrogens is 406 g/mol. The van der Waals surface area contributed by atoms with E-state index in [0.29, 0.717) is 16.7 Å². The van der Waals surface area contributed by atoms with E-state index in [1.165, 1.54) is 37.1 Å². The molecule has 1 atom stereocenters. The van der Waals surface area contributed by atoms with Gasteiger partial charge in [-0.1, -0.05) is 30.0 Å². The van der Waals surface area contributed by atoms with E-state index in [4.69, 9.17) is 4.74 Å². The Labute approximate surface area is 177 Å². The van der Waals surface area contributed by atoms with Crippen molar-refractivity contribution in [3.8, 4) is 11.4 Å². The van der Waals surface area contributed by atoms with Gasteiger partial charge in [0.25, 0.3) is 5.69 Å². The van der Waals surface area contributed by atoms with Crippen molar-refractivity contribution < 1.29 is 14.5 Å². The summed E-state index contributed by atoms with van der Waals surface area (Å²) in [6.07, 6.45) is 0. The number of nitro benzene ring substituents is 1. The van der Waals surface area contributed by atoms with Gasteiger partial charge in [0, 0.05) is 12.1 Å². The summed E-state index contributed by atoms with van der Waals surface area (Å²) in [6, 6.07) is 11.9. The number of anilines is 1. The van der Waals surface area contributed by atoms with Crippen LogP contribution in [0.15, 0.2) is 47.6 Å². The minimum atomic E-state index is -0.541. The third-order valence-corrected chi connectivity index (χ3v) is 5.50. The molecule has 0 aliphatic heterocycles. The van der Waals surface area contributed by atoms with Crippen LogP contribution >= 0.6 is 11.8 Å². The Hall–Kier alpha value is -3.40. The summed E-state index contributed by atoms with van der Waals surface area (Å²) < 4.78 is 7.10. The third-order valence-electron chi connectivity index (χ3n) is 4.45. The average Bonchev–Trinajstić information content (AvgIpc) is 3.08. The number of nitrogens with one attached hydrogen (secondary N) is 1. The van der Waals surface area contributed by atoms with E-state index in [1.807, 2.05) is 42.7 Å². The second-order valence-corrected chi connectivity index (χ2v) is 7.85. The van der Waals surface area contributed by atoms with Crippen molar-refractivity contribution in [1.82, 2.24) is 14.8 Å². The van der Waals surface area contributed by atoms with Crippen LogP contribution in [0.1, 0.15) is 18.3 Å². The van der Waals surface area contributed by atoms with Crippen molar-refractivity contribution >= 4 is 29.0 Å². The van der Waals surface area contributed by atoms with Gasteiger partial charge in [0.1, 0.15) is 11.6 Å². The minimum Gasteiger partial charge on any atom is -0.495 e. The van der Waals surface area contributed by atoms with Crippen molar-refractivity contribution in [2.75, 3.05) is 12.4 Å². The SMILES string of the molecule is COc1ccc([N+](=O)[O-])cc1NC(=O)[C@H](C)Sc1nnc(C)n1-c1ccccc1C. The average molecular weight is 427 g/mol. The van der Waals surface area contributed by atoms with E-state index in [1.54, 1.807) is 6.92 Å². The van der Waals surface area contributed by atoms with E-state index in [2.05, 4.69) is 15.5 Å². The zero-order valence-electron chi connectivity index (χ0n) is 16.9. The highest BCUT2D eigenvalue weighted by atomic mass is 32.2. The number of non-ortho nitro benzene ring substituents is 1. The Morgan fingerprint density at radius 1 is 1.23 bits per heavy atom. The highest BCUT2D eigenvalue weighted by molar-refractivity contribution is 8.00. The van der Waals surface area contributed by atoms with Gasteiger partial charge in [0.05, 0.1) is 28.7 Å². The lowest BCUT2D eigenvalue weighted by molar-refractivity contribution is -0.384. The first-order valence-corrected chi connectivity index (χ1v) is 9.97. The Morgan fingerprint density at radius 3 is 2.63 bits per heavy atom. The maximum absolute atomic E-state index is 12.8. The number of benzene rings is 2. The normalized spacial score (nSPS) is 11.7. The molecule has 0 unspecified atom stereocenters. The maximum atomic E-state index is 12.8. The zero-order chi connectivity index (χ0) is 21.8. The van der Waals surface area contributed by atoms with Gasteiger partial charge in [-0.2, -0.15) is 0 Å². The molecule has 1 aromatic heterocycles. The molecule has 156 valence electrons. The number of ether oxygens (including phenoxy) is 1. The Balaban J connectivity index is 1.82. The minimum absolute atomic E-state index is 0.138. The molecule has 0 saturated heterocycles. The fraction of sp³-hybridized carbons (Fsp3) is 0.250. The lowest BCUT2D eigenvalue weighted by Crippen LogP contribution is -2.23. The van der Waals surface area contributed by atoms with Crippen molar-refractivity contribution in [2.45, 2.75) is 31.2 Å². The Kier molecular flexibility index (Phi) is 6.36. The van der Waals surface area contributed by atoms with Crippen LogP contribution in [0, 0.1) is 24.0 Å². The molecule has 0 saturated carbocycles. The predicted molar refractivity (Wildman–Crippen MR) is 114 cm³/mol. The van der Waals surface area contributed by atoms with Crippen LogP contribution in [0.2, 0.25) is 0 Å². The molecule has 10 heteroatoms. The van der Waals surface area contributed by atoms with Crippen LogP contribution in [-0.4, -0.2) is 38.0 Å². The number of hydrogen-bond acceptors (Lipinski definition) is 7. The number of nitro groups is 1. The van der Waals surface area contributed by atoms with Crippen LogP contribution in [0.3, 0.4) is 0 Å². The standard InChI is InChI=1S/C20H21N5O4S/c1-12-7-5-6-8-17(12)24-14(3)22-23-20(24)30-13(2)19(26)21-16-11-15(25(27)28)9-10-18(16)29-4/h5-11,13H,1-4H3,(H,21,26)/t13-/m0/s1. The highest BCUT2D eigenvalue weighted by Crippen LogP contribution is 2.31. The van der Waals surface area contributed by atoms with E-state index >= 15 is 0 Å². The molecule has 3 rings (SSSR count). The second-order valence-electron chi connectivity index (χ2n) is 6.54. The van der Waals surface area contributed by atoms with Crippen molar-refractivity contribution in [1.29, 1.82) is 0 Å². The largest absolute Gasteiger partial charge is 0.495 e. The number of amides is 1. The molecule has 3 aromatic rings. The van der Waals surface area contributed by atoms with E-state index in [9.17, 15) is 14.9 Å². The molecule has 0 radical (unpaired) electrons. The van der Waals surface area contributed by atoms with Gasteiger partial charge in [-0.15, -0.1) is 10.2 Å². The number of methoxy groups -OCH3 is 1. The van der Waals surface area contributed by atoms with E-state index in [0.717, 1.165) is 11.3 Å². The number of aryl methyl sites for hydroxylation is 2. The van der Waals surface area contributed by atoms with Gasteiger partial charge in [0.15, 0.2) is 5.16 Å². The maximum Gasteiger partial charge on any atom is 0.271 e. The molecule has 0 aliphatic rings. The summed E-state index contributed by atoms with van der Waals surface area (Å²) in [5.74, 6) is 0.709.